The summed E-state index contributed by atoms with van der Waals surface area (Å²) in [4.78, 5) is 28.6. The fraction of sp³-hybridized carbons (Fsp3) is 0.444. The van der Waals surface area contributed by atoms with E-state index in [1.165, 1.54) is 10.9 Å². The zero-order valence-electron chi connectivity index (χ0n) is 13.5. The highest BCUT2D eigenvalue weighted by atomic mass is 16.2. The van der Waals surface area contributed by atoms with Crippen LogP contribution in [0.2, 0.25) is 0 Å². The van der Waals surface area contributed by atoms with Crippen LogP contribution in [-0.2, 0) is 16.0 Å². The average molecular weight is 313 g/mol. The summed E-state index contributed by atoms with van der Waals surface area (Å²) in [6.07, 6.45) is 4.36. The molecular formula is C18H23N3O2. The van der Waals surface area contributed by atoms with Crippen LogP contribution >= 0.6 is 0 Å². The van der Waals surface area contributed by atoms with Crippen molar-refractivity contribution < 1.29 is 9.59 Å². The topological polar surface area (TPSA) is 65.2 Å². The first kappa shape index (κ1) is 15.6. The van der Waals surface area contributed by atoms with Gasteiger partial charge in [-0.1, -0.05) is 18.2 Å². The molecule has 2 N–H and O–H groups in total. The number of aromatic nitrogens is 1. The lowest BCUT2D eigenvalue weighted by Crippen LogP contribution is -2.42. The first-order chi connectivity index (χ1) is 11.1. The van der Waals surface area contributed by atoms with Crippen LogP contribution in [0.25, 0.3) is 10.9 Å². The number of nitrogens with zero attached hydrogens (tertiary/aromatic N) is 1. The summed E-state index contributed by atoms with van der Waals surface area (Å²) in [5.41, 5.74) is 2.36. The first-order valence-electron chi connectivity index (χ1n) is 8.23. The van der Waals surface area contributed by atoms with Crippen LogP contribution < -0.4 is 5.32 Å². The maximum atomic E-state index is 12.2. The second-order valence-corrected chi connectivity index (χ2v) is 6.18. The second kappa shape index (κ2) is 6.86. The maximum absolute atomic E-state index is 12.2. The van der Waals surface area contributed by atoms with Crippen molar-refractivity contribution in [3.63, 3.8) is 0 Å². The summed E-state index contributed by atoms with van der Waals surface area (Å²) in [6, 6.07) is 8.19. The molecule has 1 fully saturated rings. The zero-order valence-corrected chi connectivity index (χ0v) is 13.5. The number of aromatic amines is 1. The Labute approximate surface area is 136 Å². The van der Waals surface area contributed by atoms with Crippen molar-refractivity contribution in [2.45, 2.75) is 26.2 Å². The van der Waals surface area contributed by atoms with Gasteiger partial charge in [-0.05, 0) is 30.9 Å². The van der Waals surface area contributed by atoms with E-state index in [9.17, 15) is 9.59 Å². The zero-order chi connectivity index (χ0) is 16.2. The Morgan fingerprint density at radius 1 is 1.26 bits per heavy atom. The van der Waals surface area contributed by atoms with E-state index in [-0.39, 0.29) is 17.7 Å². The molecule has 0 spiro atoms. The van der Waals surface area contributed by atoms with Gasteiger partial charge in [0, 0.05) is 49.6 Å². The lowest BCUT2D eigenvalue weighted by atomic mass is 9.96. The van der Waals surface area contributed by atoms with E-state index in [0.717, 1.165) is 24.8 Å². The van der Waals surface area contributed by atoms with Gasteiger partial charge in [0.2, 0.25) is 11.8 Å². The van der Waals surface area contributed by atoms with Gasteiger partial charge in [-0.25, -0.2) is 0 Å². The Balaban J connectivity index is 1.47. The van der Waals surface area contributed by atoms with Crippen molar-refractivity contribution in [1.82, 2.24) is 15.2 Å². The van der Waals surface area contributed by atoms with E-state index < -0.39 is 0 Å². The van der Waals surface area contributed by atoms with Crippen molar-refractivity contribution in [1.29, 1.82) is 0 Å². The van der Waals surface area contributed by atoms with Crippen LogP contribution in [0.1, 0.15) is 25.3 Å². The molecule has 5 heteroatoms. The minimum atomic E-state index is 0.0357. The lowest BCUT2D eigenvalue weighted by molar-refractivity contribution is -0.133. The summed E-state index contributed by atoms with van der Waals surface area (Å²) < 4.78 is 0. The third-order valence-electron chi connectivity index (χ3n) is 4.68. The largest absolute Gasteiger partial charge is 0.361 e. The number of amides is 2. The quantitative estimate of drug-likeness (QED) is 0.907. The number of likely N-dealkylation sites (tertiary alicyclic amines) is 1. The molecule has 1 aromatic carbocycles. The summed E-state index contributed by atoms with van der Waals surface area (Å²) in [6.45, 7) is 3.61. The molecule has 1 saturated heterocycles. The number of carbonyl (C=O) groups is 2. The Morgan fingerprint density at radius 3 is 2.74 bits per heavy atom. The molecule has 0 atom stereocenters. The molecule has 122 valence electrons. The van der Waals surface area contributed by atoms with Crippen LogP contribution in [0, 0.1) is 5.92 Å². The molecule has 23 heavy (non-hydrogen) atoms. The highest BCUT2D eigenvalue weighted by Crippen LogP contribution is 2.19. The lowest BCUT2D eigenvalue weighted by Gasteiger charge is -2.30. The summed E-state index contributed by atoms with van der Waals surface area (Å²) in [7, 11) is 0. The molecule has 2 heterocycles. The van der Waals surface area contributed by atoms with Crippen LogP contribution in [0.3, 0.4) is 0 Å². The van der Waals surface area contributed by atoms with E-state index in [2.05, 4.69) is 22.4 Å². The van der Waals surface area contributed by atoms with Crippen LogP contribution in [0.4, 0.5) is 0 Å². The Hall–Kier alpha value is -2.30. The second-order valence-electron chi connectivity index (χ2n) is 6.18. The number of carbonyl (C=O) groups excluding carboxylic acids is 2. The number of H-pyrrole nitrogens is 1. The van der Waals surface area contributed by atoms with E-state index in [4.69, 9.17) is 0 Å². The number of rotatable bonds is 4. The SMILES string of the molecule is CC(=O)N1CCC(C(=O)NCCc2c[nH]c3ccccc23)CC1. The standard InChI is InChI=1S/C18H23N3O2/c1-13(22)21-10-7-14(8-11-21)18(23)19-9-6-15-12-20-17-5-3-2-4-16(15)17/h2-5,12,14,20H,6-11H2,1H3,(H,19,23). The number of hydrogen-bond donors (Lipinski definition) is 2. The fourth-order valence-electron chi connectivity index (χ4n) is 3.26. The number of hydrogen-bond acceptors (Lipinski definition) is 2. The molecule has 1 aromatic heterocycles. The smallest absolute Gasteiger partial charge is 0.223 e. The van der Waals surface area contributed by atoms with Crippen molar-refractivity contribution in [2.24, 2.45) is 5.92 Å². The highest BCUT2D eigenvalue weighted by Gasteiger charge is 2.25. The highest BCUT2D eigenvalue weighted by molar-refractivity contribution is 5.83. The minimum Gasteiger partial charge on any atom is -0.361 e. The van der Waals surface area contributed by atoms with E-state index in [1.807, 2.05) is 23.2 Å². The third-order valence-corrected chi connectivity index (χ3v) is 4.68. The van der Waals surface area contributed by atoms with Crippen LogP contribution in [0.15, 0.2) is 30.5 Å². The molecule has 2 aromatic rings. The summed E-state index contributed by atoms with van der Waals surface area (Å²) >= 11 is 0. The van der Waals surface area contributed by atoms with Crippen molar-refractivity contribution >= 4 is 22.7 Å². The molecule has 0 unspecified atom stereocenters. The molecule has 3 rings (SSSR count). The van der Waals surface area contributed by atoms with Crippen molar-refractivity contribution in [2.75, 3.05) is 19.6 Å². The number of para-hydroxylation sites is 1. The number of nitrogens with one attached hydrogen (secondary N) is 2. The van der Waals surface area contributed by atoms with Gasteiger partial charge >= 0.3 is 0 Å². The van der Waals surface area contributed by atoms with Gasteiger partial charge in [0.25, 0.3) is 0 Å². The van der Waals surface area contributed by atoms with E-state index >= 15 is 0 Å². The van der Waals surface area contributed by atoms with Gasteiger partial charge in [0.1, 0.15) is 0 Å². The molecule has 0 saturated carbocycles. The van der Waals surface area contributed by atoms with E-state index in [1.54, 1.807) is 6.92 Å². The Bertz CT molecular complexity index is 699. The predicted octanol–water partition coefficient (Wildman–Crippen LogP) is 2.09. The van der Waals surface area contributed by atoms with Crippen molar-refractivity contribution in [3.8, 4) is 0 Å². The van der Waals surface area contributed by atoms with Crippen LogP contribution in [0.5, 0.6) is 0 Å². The average Bonchev–Trinajstić information content (AvgIpc) is 2.98. The summed E-state index contributed by atoms with van der Waals surface area (Å²) in [5.74, 6) is 0.254. The molecule has 2 amide bonds. The van der Waals surface area contributed by atoms with E-state index in [0.29, 0.717) is 19.6 Å². The number of piperidine rings is 1. The molecule has 1 aliphatic rings. The fourth-order valence-corrected chi connectivity index (χ4v) is 3.26. The molecule has 0 bridgehead atoms. The Kier molecular flexibility index (Phi) is 4.65. The normalized spacial score (nSPS) is 15.8. The molecule has 5 nitrogen and oxygen atoms in total. The van der Waals surface area contributed by atoms with Gasteiger partial charge < -0.3 is 15.2 Å². The number of benzene rings is 1. The van der Waals surface area contributed by atoms with Crippen molar-refractivity contribution in [3.05, 3.63) is 36.0 Å². The monoisotopic (exact) mass is 313 g/mol. The van der Waals surface area contributed by atoms with Gasteiger partial charge in [0.05, 0.1) is 0 Å². The Morgan fingerprint density at radius 2 is 2.00 bits per heavy atom. The molecular weight excluding hydrogens is 290 g/mol. The van der Waals surface area contributed by atoms with Gasteiger partial charge in [-0.3, -0.25) is 9.59 Å². The molecule has 0 radical (unpaired) electrons. The minimum absolute atomic E-state index is 0.0357. The van der Waals surface area contributed by atoms with Gasteiger partial charge in [-0.2, -0.15) is 0 Å². The van der Waals surface area contributed by atoms with Crippen LogP contribution in [-0.4, -0.2) is 41.3 Å². The maximum Gasteiger partial charge on any atom is 0.223 e. The van der Waals surface area contributed by atoms with Gasteiger partial charge in [0.15, 0.2) is 0 Å². The van der Waals surface area contributed by atoms with Gasteiger partial charge in [-0.15, -0.1) is 0 Å². The molecule has 0 aliphatic carbocycles. The number of fused-ring (bicyclic) bond motifs is 1. The predicted molar refractivity (Wildman–Crippen MR) is 90.0 cm³/mol. The molecule has 1 aliphatic heterocycles. The summed E-state index contributed by atoms with van der Waals surface area (Å²) in [5, 5.41) is 4.26. The third kappa shape index (κ3) is 3.55. The first-order valence-corrected chi connectivity index (χ1v) is 8.23.